The Bertz CT molecular complexity index is 895. The van der Waals surface area contributed by atoms with Crippen LogP contribution in [0.1, 0.15) is 63.2 Å². The summed E-state index contributed by atoms with van der Waals surface area (Å²) in [5.74, 6) is 0.602. The van der Waals surface area contributed by atoms with E-state index in [1.54, 1.807) is 18.0 Å². The number of hydrogen-bond donors (Lipinski definition) is 1. The van der Waals surface area contributed by atoms with E-state index in [9.17, 15) is 4.79 Å². The number of amides is 1. The van der Waals surface area contributed by atoms with Gasteiger partial charge in [-0.3, -0.25) is 9.69 Å². The molecule has 4 rings (SSSR count). The van der Waals surface area contributed by atoms with Gasteiger partial charge in [0, 0.05) is 29.7 Å². The molecular formula is C25H34N4OS. The van der Waals surface area contributed by atoms with Crippen LogP contribution >= 0.6 is 11.8 Å². The van der Waals surface area contributed by atoms with E-state index in [1.165, 1.54) is 32.2 Å². The molecule has 31 heavy (non-hydrogen) atoms. The summed E-state index contributed by atoms with van der Waals surface area (Å²) in [5.41, 5.74) is 7.85. The smallest absolute Gasteiger partial charge is 0.245 e. The lowest BCUT2D eigenvalue weighted by Gasteiger charge is -2.39. The van der Waals surface area contributed by atoms with Crippen LogP contribution in [0.15, 0.2) is 47.5 Å². The van der Waals surface area contributed by atoms with Gasteiger partial charge in [-0.15, -0.1) is 11.8 Å². The highest BCUT2D eigenvalue weighted by Gasteiger charge is 2.34. The molecule has 2 aliphatic rings. The zero-order valence-electron chi connectivity index (χ0n) is 18.7. The third kappa shape index (κ3) is 5.07. The predicted octanol–water partition coefficient (Wildman–Crippen LogP) is 5.28. The summed E-state index contributed by atoms with van der Waals surface area (Å²) in [4.78, 5) is 23.3. The maximum absolute atomic E-state index is 13.4. The van der Waals surface area contributed by atoms with E-state index in [4.69, 9.17) is 5.73 Å². The molecule has 6 heteroatoms. The number of benzene rings is 1. The number of para-hydroxylation sites is 1. The van der Waals surface area contributed by atoms with Crippen LogP contribution in [0.2, 0.25) is 0 Å². The molecular weight excluding hydrogens is 404 g/mol. The van der Waals surface area contributed by atoms with Gasteiger partial charge in [0.1, 0.15) is 11.1 Å². The van der Waals surface area contributed by atoms with Crippen molar-refractivity contribution < 1.29 is 4.79 Å². The fraction of sp³-hybridized carbons (Fsp3) is 0.520. The minimum Gasteiger partial charge on any atom is -0.384 e. The number of unbranched alkanes of at least 4 members (excludes halogenated alkanes) is 2. The highest BCUT2D eigenvalue weighted by Crippen LogP contribution is 2.46. The van der Waals surface area contributed by atoms with E-state index in [2.05, 4.69) is 35.9 Å². The fourth-order valence-corrected chi connectivity index (χ4v) is 6.16. The number of anilines is 2. The van der Waals surface area contributed by atoms with Crippen molar-refractivity contribution in [1.82, 2.24) is 9.88 Å². The molecule has 1 fully saturated rings. The average Bonchev–Trinajstić information content (AvgIpc) is 2.76. The van der Waals surface area contributed by atoms with Crippen LogP contribution < -0.4 is 10.6 Å². The number of pyridine rings is 1. The molecule has 3 heterocycles. The first-order valence-corrected chi connectivity index (χ1v) is 12.5. The van der Waals surface area contributed by atoms with Gasteiger partial charge in [-0.2, -0.15) is 0 Å². The largest absolute Gasteiger partial charge is 0.384 e. The predicted molar refractivity (Wildman–Crippen MR) is 129 cm³/mol. The summed E-state index contributed by atoms with van der Waals surface area (Å²) >= 11 is 1.61. The number of fused-ring (bicyclic) bond motifs is 1. The van der Waals surface area contributed by atoms with Gasteiger partial charge in [0.25, 0.3) is 0 Å². The molecule has 0 saturated carbocycles. The van der Waals surface area contributed by atoms with Gasteiger partial charge in [0.05, 0.1) is 5.69 Å². The van der Waals surface area contributed by atoms with Crippen LogP contribution in [0, 0.1) is 0 Å². The Morgan fingerprint density at radius 3 is 2.58 bits per heavy atom. The Morgan fingerprint density at radius 2 is 1.81 bits per heavy atom. The molecule has 1 aromatic carbocycles. The zero-order valence-corrected chi connectivity index (χ0v) is 19.5. The van der Waals surface area contributed by atoms with Crippen molar-refractivity contribution in [1.29, 1.82) is 0 Å². The number of aromatic nitrogens is 1. The summed E-state index contributed by atoms with van der Waals surface area (Å²) in [5, 5.41) is -0.268. The van der Waals surface area contributed by atoms with Gasteiger partial charge in [-0.1, -0.05) is 25.0 Å². The van der Waals surface area contributed by atoms with Gasteiger partial charge in [-0.25, -0.2) is 4.98 Å². The third-order valence-corrected chi connectivity index (χ3v) is 7.98. The Labute approximate surface area is 190 Å². The minimum absolute atomic E-state index is 0.146. The first-order chi connectivity index (χ1) is 15.0. The minimum atomic E-state index is -0.268. The third-order valence-electron chi connectivity index (χ3n) is 6.67. The standard InChI is InChI=1S/C25H34N4OS/c1-18-9-8-10-19(2)28(18)15-6-3-7-16-29-21-11-4-5-12-22(21)31-24(25(29)30)20-13-14-27-23(26)17-20/h4-5,11-14,17-19,24H,3,6-10,15-16H2,1-2H3,(H2,26,27)/t18-,19+,24?. The second kappa shape index (κ2) is 10.0. The van der Waals surface area contributed by atoms with Crippen molar-refractivity contribution in [3.63, 3.8) is 0 Å². The molecule has 1 amide bonds. The lowest BCUT2D eigenvalue weighted by Crippen LogP contribution is -2.44. The van der Waals surface area contributed by atoms with Crippen molar-refractivity contribution in [2.24, 2.45) is 0 Å². The van der Waals surface area contributed by atoms with Crippen molar-refractivity contribution in [2.45, 2.75) is 74.6 Å². The Morgan fingerprint density at radius 1 is 1.06 bits per heavy atom. The number of hydrogen-bond acceptors (Lipinski definition) is 5. The molecule has 1 saturated heterocycles. The molecule has 166 valence electrons. The Hall–Kier alpha value is -2.05. The number of thioether (sulfide) groups is 1. The van der Waals surface area contributed by atoms with Gasteiger partial charge < -0.3 is 10.6 Å². The summed E-state index contributed by atoms with van der Waals surface area (Å²) < 4.78 is 0. The molecule has 0 spiro atoms. The Kier molecular flexibility index (Phi) is 7.18. The van der Waals surface area contributed by atoms with Crippen molar-refractivity contribution in [2.75, 3.05) is 23.7 Å². The SMILES string of the molecule is C[C@@H]1CCC[C@H](C)N1CCCCCN1C(=O)C(c2ccnc(N)c2)Sc2ccccc21. The van der Waals surface area contributed by atoms with Crippen LogP contribution in [-0.2, 0) is 4.79 Å². The average molecular weight is 439 g/mol. The van der Waals surface area contributed by atoms with E-state index < -0.39 is 0 Å². The van der Waals surface area contributed by atoms with Gasteiger partial charge in [-0.05, 0) is 75.9 Å². The van der Waals surface area contributed by atoms with E-state index in [1.807, 2.05) is 29.2 Å². The fourth-order valence-electron chi connectivity index (χ4n) is 4.94. The molecule has 0 aliphatic carbocycles. The number of piperidine rings is 1. The molecule has 0 bridgehead atoms. The number of carbonyl (C=O) groups excluding carboxylic acids is 1. The van der Waals surface area contributed by atoms with Gasteiger partial charge >= 0.3 is 0 Å². The second-order valence-electron chi connectivity index (χ2n) is 8.90. The lowest BCUT2D eigenvalue weighted by atomic mass is 9.97. The summed E-state index contributed by atoms with van der Waals surface area (Å²) in [6.45, 7) is 6.66. The van der Waals surface area contributed by atoms with Crippen LogP contribution in [0.25, 0.3) is 0 Å². The second-order valence-corrected chi connectivity index (χ2v) is 10.0. The monoisotopic (exact) mass is 438 g/mol. The van der Waals surface area contributed by atoms with Crippen molar-refractivity contribution in [3.8, 4) is 0 Å². The first-order valence-electron chi connectivity index (χ1n) is 11.6. The molecule has 5 nitrogen and oxygen atoms in total. The number of nitrogen functional groups attached to an aromatic ring is 1. The molecule has 3 atom stereocenters. The van der Waals surface area contributed by atoms with Gasteiger partial charge in [0.15, 0.2) is 0 Å². The summed E-state index contributed by atoms with van der Waals surface area (Å²) in [7, 11) is 0. The molecule has 2 aromatic rings. The number of likely N-dealkylation sites (tertiary alicyclic amines) is 1. The highest BCUT2D eigenvalue weighted by molar-refractivity contribution is 8.00. The van der Waals surface area contributed by atoms with Crippen LogP contribution in [0.5, 0.6) is 0 Å². The van der Waals surface area contributed by atoms with Crippen molar-refractivity contribution >= 4 is 29.2 Å². The Balaban J connectivity index is 1.39. The van der Waals surface area contributed by atoms with Crippen LogP contribution in [0.4, 0.5) is 11.5 Å². The highest BCUT2D eigenvalue weighted by atomic mass is 32.2. The number of rotatable bonds is 7. The van der Waals surface area contributed by atoms with E-state index in [0.29, 0.717) is 17.9 Å². The zero-order chi connectivity index (χ0) is 21.8. The van der Waals surface area contributed by atoms with Crippen LogP contribution in [0.3, 0.4) is 0 Å². The topological polar surface area (TPSA) is 62.5 Å². The summed E-state index contributed by atoms with van der Waals surface area (Å²) in [6.07, 6.45) is 9.04. The normalized spacial score (nSPS) is 24.3. The molecule has 1 unspecified atom stereocenters. The quantitative estimate of drug-likeness (QED) is 0.596. The maximum atomic E-state index is 13.4. The van der Waals surface area contributed by atoms with Gasteiger partial charge in [0.2, 0.25) is 5.91 Å². The number of carbonyl (C=O) groups is 1. The van der Waals surface area contributed by atoms with Crippen LogP contribution in [-0.4, -0.2) is 41.0 Å². The lowest BCUT2D eigenvalue weighted by molar-refractivity contribution is -0.118. The van der Waals surface area contributed by atoms with Crippen molar-refractivity contribution in [3.05, 3.63) is 48.2 Å². The van der Waals surface area contributed by atoms with E-state index >= 15 is 0 Å². The number of nitrogens with two attached hydrogens (primary N) is 1. The number of nitrogens with zero attached hydrogens (tertiary/aromatic N) is 3. The maximum Gasteiger partial charge on any atom is 0.245 e. The summed E-state index contributed by atoms with van der Waals surface area (Å²) in [6, 6.07) is 13.4. The molecule has 0 radical (unpaired) electrons. The molecule has 1 aromatic heterocycles. The molecule has 2 aliphatic heterocycles. The van der Waals surface area contributed by atoms with E-state index in [0.717, 1.165) is 35.5 Å². The molecule has 2 N–H and O–H groups in total. The van der Waals surface area contributed by atoms with E-state index in [-0.39, 0.29) is 11.2 Å². The first kappa shape index (κ1) is 22.2.